The minimum Gasteiger partial charge on any atom is -0.496 e. The molecule has 0 fully saturated rings. The largest absolute Gasteiger partial charge is 0.496 e. The quantitative estimate of drug-likeness (QED) is 0.567. The molecule has 0 radical (unpaired) electrons. The average molecular weight is 459 g/mol. The summed E-state index contributed by atoms with van der Waals surface area (Å²) in [6, 6.07) is 13.3. The molecule has 0 atom stereocenters. The molecule has 7 nitrogen and oxygen atoms in total. The number of ether oxygens (including phenoxy) is 1. The topological polar surface area (TPSA) is 95.3 Å². The van der Waals surface area contributed by atoms with Crippen LogP contribution in [-0.2, 0) is 29.0 Å². The second kappa shape index (κ2) is 10.1. The number of aromatic nitrogens is 1. The highest BCUT2D eigenvalue weighted by Crippen LogP contribution is 2.36. The predicted molar refractivity (Wildman–Crippen MR) is 127 cm³/mol. The highest BCUT2D eigenvalue weighted by Gasteiger charge is 2.27. The number of methoxy groups -OCH3 is 1. The monoisotopic (exact) mass is 458 g/mol. The van der Waals surface area contributed by atoms with Crippen molar-refractivity contribution in [3.63, 3.8) is 0 Å². The molecule has 8 heteroatoms. The fraction of sp³-hybridized carbons (Fsp3) is 0.200. The first-order chi connectivity index (χ1) is 16.1. The van der Waals surface area contributed by atoms with Crippen LogP contribution in [0.3, 0.4) is 0 Å². The molecule has 1 aliphatic heterocycles. The zero-order valence-electron chi connectivity index (χ0n) is 18.1. The van der Waals surface area contributed by atoms with Gasteiger partial charge < -0.3 is 15.0 Å². The standard InChI is InChI=1S/C25H22N4O3S/c1-32-21-7-3-2-6-18(21)8-9-23(30)28-25-20(14-26)19-10-12-29(16-22(19)33-25)24(31)13-17-5-4-11-27-15-17/h2-9,11,15H,10,12-13,16H2,1H3,(H,28,30). The number of hydrogen-bond donors (Lipinski definition) is 1. The minimum absolute atomic E-state index is 0.0193. The van der Waals surface area contributed by atoms with E-state index in [-0.39, 0.29) is 18.2 Å². The molecule has 33 heavy (non-hydrogen) atoms. The Kier molecular flexibility index (Phi) is 6.81. The summed E-state index contributed by atoms with van der Waals surface area (Å²) in [6.07, 6.45) is 7.33. The average Bonchev–Trinajstić information content (AvgIpc) is 3.19. The fourth-order valence-corrected chi connectivity index (χ4v) is 4.95. The number of nitrogens with zero attached hydrogens (tertiary/aromatic N) is 3. The zero-order chi connectivity index (χ0) is 23.2. The van der Waals surface area contributed by atoms with Crippen molar-refractivity contribution in [1.29, 1.82) is 5.26 Å². The van der Waals surface area contributed by atoms with Crippen molar-refractivity contribution in [3.05, 3.63) is 82.0 Å². The van der Waals surface area contributed by atoms with Crippen LogP contribution in [-0.4, -0.2) is 35.4 Å². The molecule has 0 spiro atoms. The maximum absolute atomic E-state index is 12.7. The van der Waals surface area contributed by atoms with E-state index in [1.807, 2.05) is 36.4 Å². The number of rotatable bonds is 6. The van der Waals surface area contributed by atoms with Crippen LogP contribution in [0.15, 0.2) is 54.9 Å². The molecule has 3 heterocycles. The van der Waals surface area contributed by atoms with Crippen LogP contribution in [0, 0.1) is 11.3 Å². The molecule has 1 N–H and O–H groups in total. The van der Waals surface area contributed by atoms with E-state index in [0.29, 0.717) is 35.8 Å². The van der Waals surface area contributed by atoms with Crippen molar-refractivity contribution in [2.24, 2.45) is 0 Å². The summed E-state index contributed by atoms with van der Waals surface area (Å²) >= 11 is 1.35. The van der Waals surface area contributed by atoms with Gasteiger partial charge in [0.15, 0.2) is 0 Å². The number of carbonyl (C=O) groups excluding carboxylic acids is 2. The minimum atomic E-state index is -0.333. The van der Waals surface area contributed by atoms with Crippen molar-refractivity contribution >= 4 is 34.2 Å². The Labute approximate surface area is 195 Å². The molecule has 0 unspecified atom stereocenters. The van der Waals surface area contributed by atoms with Crippen molar-refractivity contribution in [3.8, 4) is 11.8 Å². The molecule has 1 aliphatic rings. The smallest absolute Gasteiger partial charge is 0.249 e. The molecule has 0 aliphatic carbocycles. The molecular formula is C25H22N4O3S. The first kappa shape index (κ1) is 22.2. The third-order valence-electron chi connectivity index (χ3n) is 5.39. The van der Waals surface area contributed by atoms with Gasteiger partial charge in [-0.1, -0.05) is 24.3 Å². The van der Waals surface area contributed by atoms with E-state index in [1.165, 1.54) is 17.4 Å². The second-order valence-corrected chi connectivity index (χ2v) is 8.59. The molecule has 3 aromatic rings. The third-order valence-corrected chi connectivity index (χ3v) is 6.52. The Morgan fingerprint density at radius 1 is 1.30 bits per heavy atom. The summed E-state index contributed by atoms with van der Waals surface area (Å²) in [5, 5.41) is 13.0. The third kappa shape index (κ3) is 5.10. The Hall–Kier alpha value is -3.96. The molecule has 166 valence electrons. The lowest BCUT2D eigenvalue weighted by Crippen LogP contribution is -2.36. The van der Waals surface area contributed by atoms with Gasteiger partial charge in [-0.2, -0.15) is 5.26 Å². The van der Waals surface area contributed by atoms with Gasteiger partial charge in [-0.25, -0.2) is 0 Å². The number of hydrogen-bond acceptors (Lipinski definition) is 6. The Morgan fingerprint density at radius 3 is 2.91 bits per heavy atom. The first-order valence-corrected chi connectivity index (χ1v) is 11.2. The molecule has 0 saturated carbocycles. The molecule has 4 rings (SSSR count). The summed E-state index contributed by atoms with van der Waals surface area (Å²) in [4.78, 5) is 32.1. The summed E-state index contributed by atoms with van der Waals surface area (Å²) in [7, 11) is 1.58. The summed E-state index contributed by atoms with van der Waals surface area (Å²) in [5.74, 6) is 0.355. The van der Waals surface area contributed by atoms with Gasteiger partial charge in [0.1, 0.15) is 16.8 Å². The number of pyridine rings is 1. The number of thiophene rings is 1. The number of amides is 2. The van der Waals surface area contributed by atoms with Crippen LogP contribution in [0.1, 0.15) is 27.1 Å². The van der Waals surface area contributed by atoms with Crippen molar-refractivity contribution in [2.75, 3.05) is 19.0 Å². The fourth-order valence-electron chi connectivity index (χ4n) is 3.73. The number of para-hydroxylation sites is 1. The van der Waals surface area contributed by atoms with Crippen LogP contribution < -0.4 is 10.1 Å². The summed E-state index contributed by atoms with van der Waals surface area (Å²) in [5.41, 5.74) is 3.04. The Balaban J connectivity index is 1.46. The van der Waals surface area contributed by atoms with Gasteiger partial charge in [0.2, 0.25) is 11.8 Å². The number of carbonyl (C=O) groups is 2. The molecular weight excluding hydrogens is 436 g/mol. The van der Waals surface area contributed by atoms with Gasteiger partial charge in [-0.15, -0.1) is 11.3 Å². The Morgan fingerprint density at radius 2 is 2.15 bits per heavy atom. The van der Waals surface area contributed by atoms with Gasteiger partial charge in [0.25, 0.3) is 0 Å². The highest BCUT2D eigenvalue weighted by molar-refractivity contribution is 7.16. The number of nitriles is 1. The normalized spacial score (nSPS) is 12.8. The number of anilines is 1. The molecule has 0 saturated heterocycles. The van der Waals surface area contributed by atoms with Crippen LogP contribution in [0.4, 0.5) is 5.00 Å². The van der Waals surface area contributed by atoms with Crippen LogP contribution in [0.2, 0.25) is 0 Å². The van der Waals surface area contributed by atoms with E-state index in [0.717, 1.165) is 21.6 Å². The lowest BCUT2D eigenvalue weighted by atomic mass is 10.0. The zero-order valence-corrected chi connectivity index (χ0v) is 18.9. The molecule has 2 aromatic heterocycles. The number of benzene rings is 1. The SMILES string of the molecule is COc1ccccc1C=CC(=O)Nc1sc2c(c1C#N)CCN(C(=O)Cc1cccnc1)C2. The van der Waals surface area contributed by atoms with E-state index < -0.39 is 0 Å². The summed E-state index contributed by atoms with van der Waals surface area (Å²) < 4.78 is 5.29. The summed E-state index contributed by atoms with van der Waals surface area (Å²) in [6.45, 7) is 0.972. The van der Waals surface area contributed by atoms with Crippen molar-refractivity contribution in [2.45, 2.75) is 19.4 Å². The lowest BCUT2D eigenvalue weighted by Gasteiger charge is -2.27. The Bertz CT molecular complexity index is 1240. The number of nitrogens with one attached hydrogen (secondary N) is 1. The first-order valence-electron chi connectivity index (χ1n) is 10.4. The van der Waals surface area contributed by atoms with Crippen LogP contribution in [0.5, 0.6) is 5.75 Å². The van der Waals surface area contributed by atoms with E-state index in [1.54, 1.807) is 30.5 Å². The maximum atomic E-state index is 12.7. The molecule has 1 aromatic carbocycles. The highest BCUT2D eigenvalue weighted by atomic mass is 32.1. The van der Waals surface area contributed by atoms with Crippen molar-refractivity contribution < 1.29 is 14.3 Å². The van der Waals surface area contributed by atoms with Crippen molar-refractivity contribution in [1.82, 2.24) is 9.88 Å². The van der Waals surface area contributed by atoms with Crippen LogP contribution >= 0.6 is 11.3 Å². The van der Waals surface area contributed by atoms with Gasteiger partial charge in [0, 0.05) is 35.5 Å². The predicted octanol–water partition coefficient (Wildman–Crippen LogP) is 3.80. The van der Waals surface area contributed by atoms with E-state index in [2.05, 4.69) is 16.4 Å². The van der Waals surface area contributed by atoms with E-state index in [4.69, 9.17) is 4.74 Å². The second-order valence-electron chi connectivity index (χ2n) is 7.49. The van der Waals surface area contributed by atoms with Gasteiger partial charge in [-0.3, -0.25) is 14.6 Å². The van der Waals surface area contributed by atoms with Gasteiger partial charge in [0.05, 0.1) is 25.6 Å². The maximum Gasteiger partial charge on any atom is 0.249 e. The number of fused-ring (bicyclic) bond motifs is 1. The lowest BCUT2D eigenvalue weighted by molar-refractivity contribution is -0.131. The van der Waals surface area contributed by atoms with Gasteiger partial charge >= 0.3 is 0 Å². The van der Waals surface area contributed by atoms with E-state index in [9.17, 15) is 14.9 Å². The van der Waals surface area contributed by atoms with Gasteiger partial charge in [-0.05, 0) is 35.8 Å². The van der Waals surface area contributed by atoms with E-state index >= 15 is 0 Å². The van der Waals surface area contributed by atoms with Crippen LogP contribution in [0.25, 0.3) is 6.08 Å². The molecule has 2 amide bonds. The molecule has 0 bridgehead atoms.